The maximum Gasteiger partial charge on any atom is 0.544 e. The number of rotatable bonds is 9. The molecule has 19 heteroatoms. The minimum Gasteiger partial charge on any atom is -0.453 e. The molecule has 5 amide bonds. The number of imidazole rings is 1. The van der Waals surface area contributed by atoms with Gasteiger partial charge in [0.05, 0.1) is 29.6 Å². The molecule has 1 aromatic heterocycles. The lowest BCUT2D eigenvalue weighted by Crippen LogP contribution is -2.59. The van der Waals surface area contributed by atoms with Crippen LogP contribution in [0.2, 0.25) is 5.02 Å². The van der Waals surface area contributed by atoms with E-state index in [4.69, 9.17) is 26.1 Å². The molecule has 2 aromatic carbocycles. The zero-order valence-corrected chi connectivity index (χ0v) is 37.8. The van der Waals surface area contributed by atoms with Crippen molar-refractivity contribution < 1.29 is 46.7 Å². The first-order chi connectivity index (χ1) is 29.6. The number of urea groups is 1. The predicted molar refractivity (Wildman–Crippen MR) is 230 cm³/mol. The molecule has 2 unspecified atom stereocenters. The summed E-state index contributed by atoms with van der Waals surface area (Å²) in [4.78, 5) is 71.6. The minimum atomic E-state index is -5.18. The molecular formula is C44H58ClF3N8O7. The fourth-order valence-corrected chi connectivity index (χ4v) is 8.84. The monoisotopic (exact) mass is 902 g/mol. The van der Waals surface area contributed by atoms with E-state index < -0.39 is 30.1 Å². The molecule has 0 spiro atoms. The summed E-state index contributed by atoms with van der Waals surface area (Å²) in [6, 6.07) is 9.74. The zero-order chi connectivity index (χ0) is 46.0. The molecule has 3 fully saturated rings. The Labute approximate surface area is 371 Å². The Morgan fingerprint density at radius 3 is 2.16 bits per heavy atom. The van der Waals surface area contributed by atoms with Gasteiger partial charge in [-0.2, -0.15) is 9.90 Å². The van der Waals surface area contributed by atoms with Gasteiger partial charge < -0.3 is 34.5 Å². The molecule has 0 saturated carbocycles. The third-order valence-electron chi connectivity index (χ3n) is 11.7. The fourth-order valence-electron chi connectivity index (χ4n) is 8.59. The van der Waals surface area contributed by atoms with Crippen LogP contribution in [0.4, 0.5) is 33.2 Å². The average Bonchev–Trinajstić information content (AvgIpc) is 3.87. The lowest BCUT2D eigenvalue weighted by molar-refractivity contribution is -0.325. The second-order valence-electron chi connectivity index (χ2n) is 18.0. The van der Waals surface area contributed by atoms with Gasteiger partial charge in [-0.3, -0.25) is 9.69 Å². The number of hydrogen-bond acceptors (Lipinski definition) is 9. The van der Waals surface area contributed by atoms with Crippen molar-refractivity contribution in [3.63, 3.8) is 0 Å². The van der Waals surface area contributed by atoms with Crippen LogP contribution in [0.3, 0.4) is 0 Å². The molecule has 3 saturated heterocycles. The van der Waals surface area contributed by atoms with E-state index in [2.05, 4.69) is 27.0 Å². The fraction of sp³-hybridized carbons (Fsp3) is 0.568. The van der Waals surface area contributed by atoms with Crippen molar-refractivity contribution in [3.8, 4) is 22.4 Å². The van der Waals surface area contributed by atoms with Gasteiger partial charge in [0.25, 0.3) is 0 Å². The number of amides is 5. The molecule has 63 heavy (non-hydrogen) atoms. The van der Waals surface area contributed by atoms with Crippen LogP contribution in [-0.2, 0) is 19.1 Å². The number of alkyl carbamates (subject to hydrolysis) is 1. The summed E-state index contributed by atoms with van der Waals surface area (Å²) in [6.07, 6.45) is -2.72. The smallest absolute Gasteiger partial charge is 0.453 e. The normalized spacial score (nSPS) is 20.8. The molecule has 0 radical (unpaired) electrons. The molecule has 2 N–H and O–H groups in total. The van der Waals surface area contributed by atoms with Crippen molar-refractivity contribution in [2.45, 2.75) is 104 Å². The molecule has 3 aliphatic heterocycles. The largest absolute Gasteiger partial charge is 0.544 e. The van der Waals surface area contributed by atoms with E-state index in [0.717, 1.165) is 5.56 Å². The third kappa shape index (κ3) is 11.6. The number of benzene rings is 2. The number of anilines is 1. The van der Waals surface area contributed by atoms with Crippen LogP contribution in [0.1, 0.15) is 79.6 Å². The van der Waals surface area contributed by atoms with Gasteiger partial charge in [0, 0.05) is 63.1 Å². The van der Waals surface area contributed by atoms with E-state index in [9.17, 15) is 32.3 Å². The van der Waals surface area contributed by atoms with E-state index in [1.807, 2.05) is 65.8 Å². The van der Waals surface area contributed by atoms with E-state index >= 15 is 0 Å². The third-order valence-corrected chi connectivity index (χ3v) is 12.0. The van der Waals surface area contributed by atoms with E-state index in [-0.39, 0.29) is 70.8 Å². The van der Waals surface area contributed by atoms with E-state index in [1.165, 1.54) is 24.1 Å². The number of alkyl halides is 3. The van der Waals surface area contributed by atoms with E-state index in [1.54, 1.807) is 22.1 Å². The summed E-state index contributed by atoms with van der Waals surface area (Å²) in [5.41, 5.74) is 1.85. The highest BCUT2D eigenvalue weighted by molar-refractivity contribution is 6.34. The molecule has 344 valence electrons. The van der Waals surface area contributed by atoms with E-state index in [0.29, 0.717) is 68.1 Å². The highest BCUT2D eigenvalue weighted by Gasteiger charge is 2.42. The number of halogens is 4. The van der Waals surface area contributed by atoms with Gasteiger partial charge in [-0.25, -0.2) is 19.4 Å². The Kier molecular flexibility index (Phi) is 14.6. The number of likely N-dealkylation sites (tertiary alicyclic amines) is 2. The first-order valence-corrected chi connectivity index (χ1v) is 21.7. The Hall–Kier alpha value is -5.07. The summed E-state index contributed by atoms with van der Waals surface area (Å²) in [7, 11) is 1.25. The Balaban J connectivity index is 1.11. The number of aromatic nitrogens is 2. The molecule has 4 heterocycles. The number of hydroxylamine groups is 1. The number of piperidine rings is 1. The number of nitrogens with zero attached hydrogens (tertiary/aromatic N) is 6. The van der Waals surface area contributed by atoms with Crippen LogP contribution in [0.15, 0.2) is 48.7 Å². The van der Waals surface area contributed by atoms with Crippen molar-refractivity contribution >= 4 is 41.4 Å². The maximum atomic E-state index is 13.8. The van der Waals surface area contributed by atoms with Crippen LogP contribution in [0, 0.1) is 11.8 Å². The summed E-state index contributed by atoms with van der Waals surface area (Å²) in [5.74, 6) is 0.430. The Bertz CT molecular complexity index is 2110. The summed E-state index contributed by atoms with van der Waals surface area (Å²) in [5, 5.41) is 2.76. The van der Waals surface area contributed by atoms with Crippen molar-refractivity contribution in [1.82, 2.24) is 34.9 Å². The molecule has 15 nitrogen and oxygen atoms in total. The van der Waals surface area contributed by atoms with Gasteiger partial charge >= 0.3 is 24.6 Å². The Morgan fingerprint density at radius 2 is 1.57 bits per heavy atom. The van der Waals surface area contributed by atoms with Crippen molar-refractivity contribution in [2.24, 2.45) is 11.8 Å². The van der Waals surface area contributed by atoms with Crippen LogP contribution in [0.5, 0.6) is 0 Å². The van der Waals surface area contributed by atoms with Gasteiger partial charge in [0.15, 0.2) is 0 Å². The lowest BCUT2D eigenvalue weighted by Gasteiger charge is -2.46. The molecular weight excluding hydrogens is 845 g/mol. The van der Waals surface area contributed by atoms with Gasteiger partial charge in [0.1, 0.15) is 17.5 Å². The number of H-pyrrole nitrogens is 1. The molecule has 4 atom stereocenters. The highest BCUT2D eigenvalue weighted by Crippen LogP contribution is 2.38. The summed E-state index contributed by atoms with van der Waals surface area (Å²) in [6.45, 7) is 15.7. The number of methoxy groups -OCH3 is 1. The zero-order valence-electron chi connectivity index (χ0n) is 37.0. The SMILES string of the molecule is COC(=O)NC(C(=O)N1C[C@@H](C)C[C@H]1c1nc(-c2ccc(-c3ccc(N(OC(F)(F)F)C(=O)N4CCC(N5CCN(C(=O)OC(C)(C)C)CC5C)CC4)c(Cl)c3)cc2)c[nH]1)C(C)C. The summed E-state index contributed by atoms with van der Waals surface area (Å²) >= 11 is 6.63. The number of carbonyl (C=O) groups is 4. The highest BCUT2D eigenvalue weighted by atomic mass is 35.5. The first kappa shape index (κ1) is 47.4. The van der Waals surface area contributed by atoms with Crippen LogP contribution < -0.4 is 10.4 Å². The van der Waals surface area contributed by atoms with Crippen LogP contribution in [0.25, 0.3) is 22.4 Å². The quantitative estimate of drug-likeness (QED) is 0.202. The van der Waals surface area contributed by atoms with Gasteiger partial charge in [-0.15, -0.1) is 13.2 Å². The van der Waals surface area contributed by atoms with Gasteiger partial charge in [0.2, 0.25) is 5.91 Å². The lowest BCUT2D eigenvalue weighted by atomic mass is 10.00. The molecule has 0 bridgehead atoms. The van der Waals surface area contributed by atoms with Crippen molar-refractivity contribution in [1.29, 1.82) is 0 Å². The van der Waals surface area contributed by atoms with Crippen molar-refractivity contribution in [2.75, 3.05) is 51.4 Å². The Morgan fingerprint density at radius 1 is 0.921 bits per heavy atom. The molecule has 3 aliphatic rings. The number of hydrogen-bond donors (Lipinski definition) is 2. The number of nitrogens with one attached hydrogen (secondary N) is 2. The average molecular weight is 903 g/mol. The van der Waals surface area contributed by atoms with Gasteiger partial charge in [-0.1, -0.05) is 62.7 Å². The van der Waals surface area contributed by atoms with Crippen LogP contribution >= 0.6 is 11.6 Å². The number of piperazine rings is 1. The minimum absolute atomic E-state index is 0.0220. The standard InChI is InChI=1S/C44H58ClF3N8O7/c1-26(2)37(51-40(58)61-8)39(57)55-24-27(3)21-36(55)38-49-23-34(50-38)30-11-9-29(10-12-30)31-13-14-35(33(45)22-31)56(63-44(46,47)48)41(59)52-17-15-32(16-18-52)54-20-19-53(25-28(54)4)42(60)62-43(5,6)7/h9-14,22-23,26-28,32,36-37H,15-21,24-25H2,1-8H3,(H,49,50)(H,51,58)/t27-,28?,36-,37?/m0/s1. The predicted octanol–water partition coefficient (Wildman–Crippen LogP) is 8.47. The second-order valence-corrected chi connectivity index (χ2v) is 18.4. The van der Waals surface area contributed by atoms with Crippen molar-refractivity contribution in [3.05, 3.63) is 59.5 Å². The molecule has 6 rings (SSSR count). The maximum absolute atomic E-state index is 13.8. The number of carbonyl (C=O) groups excluding carboxylic acids is 4. The second kappa shape index (κ2) is 19.4. The summed E-state index contributed by atoms with van der Waals surface area (Å²) < 4.78 is 51.7. The number of aromatic amines is 1. The first-order valence-electron chi connectivity index (χ1n) is 21.3. The number of ether oxygens (including phenoxy) is 2. The molecule has 3 aromatic rings. The topological polar surface area (TPSA) is 153 Å². The van der Waals surface area contributed by atoms with Crippen LogP contribution in [-0.4, -0.2) is 130 Å². The van der Waals surface area contributed by atoms with Gasteiger partial charge in [-0.05, 0) is 82.1 Å². The molecule has 0 aliphatic carbocycles.